The first-order valence-electron chi connectivity index (χ1n) is 9.05. The van der Waals surface area contributed by atoms with Gasteiger partial charge in [0, 0.05) is 18.7 Å². The van der Waals surface area contributed by atoms with Crippen molar-refractivity contribution in [3.8, 4) is 0 Å². The SMILES string of the molecule is CCCC(=O)Nc1c(S(=O)(=O)c2ccc(C)cc2)c(C)c(C)n1CCC. The van der Waals surface area contributed by atoms with Crippen LogP contribution >= 0.6 is 0 Å². The molecule has 0 unspecified atom stereocenters. The van der Waals surface area contributed by atoms with E-state index in [-0.39, 0.29) is 15.7 Å². The molecule has 1 N–H and O–H groups in total. The van der Waals surface area contributed by atoms with Crippen LogP contribution in [0.1, 0.15) is 49.9 Å². The van der Waals surface area contributed by atoms with Gasteiger partial charge in [0.1, 0.15) is 10.7 Å². The van der Waals surface area contributed by atoms with Gasteiger partial charge >= 0.3 is 0 Å². The summed E-state index contributed by atoms with van der Waals surface area (Å²) in [5, 5.41) is 2.86. The van der Waals surface area contributed by atoms with Gasteiger partial charge in [0.05, 0.1) is 4.90 Å². The van der Waals surface area contributed by atoms with Gasteiger partial charge in [-0.15, -0.1) is 0 Å². The van der Waals surface area contributed by atoms with Gasteiger partial charge in [-0.05, 0) is 51.3 Å². The second-order valence-corrected chi connectivity index (χ2v) is 8.54. The van der Waals surface area contributed by atoms with Crippen molar-refractivity contribution in [3.05, 3.63) is 41.1 Å². The van der Waals surface area contributed by atoms with Crippen molar-refractivity contribution in [2.45, 2.75) is 70.2 Å². The molecule has 0 radical (unpaired) electrons. The average molecular weight is 377 g/mol. The molecule has 6 heteroatoms. The molecule has 142 valence electrons. The topological polar surface area (TPSA) is 68.2 Å². The number of hydrogen-bond donors (Lipinski definition) is 1. The highest BCUT2D eigenvalue weighted by atomic mass is 32.2. The third kappa shape index (κ3) is 3.85. The molecule has 2 aromatic rings. The maximum Gasteiger partial charge on any atom is 0.225 e. The largest absolute Gasteiger partial charge is 0.331 e. The third-order valence-electron chi connectivity index (χ3n) is 4.56. The number of nitrogens with zero attached hydrogens (tertiary/aromatic N) is 1. The number of anilines is 1. The molecular formula is C20H28N2O3S. The number of amides is 1. The number of rotatable bonds is 7. The van der Waals surface area contributed by atoms with Crippen LogP contribution in [-0.2, 0) is 21.2 Å². The lowest BCUT2D eigenvalue weighted by Gasteiger charge is -2.14. The van der Waals surface area contributed by atoms with Gasteiger partial charge in [-0.25, -0.2) is 8.42 Å². The standard InChI is InChI=1S/C20H28N2O3S/c1-6-8-18(23)21-20-19(15(4)16(5)22(20)13-7-2)26(24,25)17-11-9-14(3)10-12-17/h9-12H,6-8,13H2,1-5H3,(H,21,23). The Morgan fingerprint density at radius 2 is 1.65 bits per heavy atom. The van der Waals surface area contributed by atoms with E-state index in [4.69, 9.17) is 0 Å². The van der Waals surface area contributed by atoms with Crippen LogP contribution in [0.3, 0.4) is 0 Å². The molecule has 26 heavy (non-hydrogen) atoms. The van der Waals surface area contributed by atoms with E-state index in [0.29, 0.717) is 30.8 Å². The van der Waals surface area contributed by atoms with E-state index in [1.165, 1.54) is 0 Å². The maximum atomic E-state index is 13.3. The van der Waals surface area contributed by atoms with Gasteiger partial charge in [0.25, 0.3) is 0 Å². The van der Waals surface area contributed by atoms with E-state index in [1.54, 1.807) is 31.2 Å². The number of sulfone groups is 1. The minimum absolute atomic E-state index is 0.164. The van der Waals surface area contributed by atoms with E-state index in [9.17, 15) is 13.2 Å². The van der Waals surface area contributed by atoms with E-state index >= 15 is 0 Å². The van der Waals surface area contributed by atoms with Crippen molar-refractivity contribution in [2.75, 3.05) is 5.32 Å². The number of carbonyl (C=O) groups is 1. The number of aryl methyl sites for hydroxylation is 1. The Morgan fingerprint density at radius 3 is 2.19 bits per heavy atom. The zero-order valence-corrected chi connectivity index (χ0v) is 17.0. The quantitative estimate of drug-likeness (QED) is 0.779. The van der Waals surface area contributed by atoms with Gasteiger partial charge in [-0.2, -0.15) is 0 Å². The summed E-state index contributed by atoms with van der Waals surface area (Å²) in [6.45, 7) is 10.2. The Kier molecular flexibility index (Phi) is 6.29. The molecule has 0 saturated carbocycles. The molecular weight excluding hydrogens is 348 g/mol. The summed E-state index contributed by atoms with van der Waals surface area (Å²) in [5.41, 5.74) is 2.55. The molecule has 0 aliphatic carbocycles. The Morgan fingerprint density at radius 1 is 1.04 bits per heavy atom. The van der Waals surface area contributed by atoms with Crippen molar-refractivity contribution in [1.29, 1.82) is 0 Å². The van der Waals surface area contributed by atoms with Crippen LogP contribution in [-0.4, -0.2) is 18.9 Å². The molecule has 1 aromatic heterocycles. The summed E-state index contributed by atoms with van der Waals surface area (Å²) in [5.74, 6) is 0.226. The van der Waals surface area contributed by atoms with Crippen molar-refractivity contribution in [3.63, 3.8) is 0 Å². The highest BCUT2D eigenvalue weighted by Crippen LogP contribution is 2.35. The van der Waals surface area contributed by atoms with Crippen LogP contribution in [0.4, 0.5) is 5.82 Å². The number of aromatic nitrogens is 1. The predicted molar refractivity (Wildman–Crippen MR) is 104 cm³/mol. The van der Waals surface area contributed by atoms with Crippen molar-refractivity contribution >= 4 is 21.6 Å². The molecule has 2 rings (SSSR count). The fourth-order valence-electron chi connectivity index (χ4n) is 3.05. The molecule has 1 aromatic carbocycles. The fourth-order valence-corrected chi connectivity index (χ4v) is 4.74. The van der Waals surface area contributed by atoms with Crippen molar-refractivity contribution < 1.29 is 13.2 Å². The normalized spacial score (nSPS) is 11.6. The minimum Gasteiger partial charge on any atom is -0.331 e. The number of carbonyl (C=O) groups excluding carboxylic acids is 1. The van der Waals surface area contributed by atoms with E-state index in [2.05, 4.69) is 5.32 Å². The third-order valence-corrected chi connectivity index (χ3v) is 6.49. The highest BCUT2D eigenvalue weighted by Gasteiger charge is 2.30. The van der Waals surface area contributed by atoms with Crippen LogP contribution in [0.5, 0.6) is 0 Å². The first-order valence-corrected chi connectivity index (χ1v) is 10.5. The number of hydrogen-bond acceptors (Lipinski definition) is 3. The van der Waals surface area contributed by atoms with Crippen molar-refractivity contribution in [2.24, 2.45) is 0 Å². The lowest BCUT2D eigenvalue weighted by atomic mass is 10.2. The highest BCUT2D eigenvalue weighted by molar-refractivity contribution is 7.91. The lowest BCUT2D eigenvalue weighted by molar-refractivity contribution is -0.116. The molecule has 1 amide bonds. The molecule has 0 saturated heterocycles. The first-order chi connectivity index (χ1) is 12.2. The molecule has 0 aliphatic rings. The molecule has 0 atom stereocenters. The van der Waals surface area contributed by atoms with Gasteiger partial charge in [0.2, 0.25) is 15.7 Å². The van der Waals surface area contributed by atoms with Crippen molar-refractivity contribution in [1.82, 2.24) is 4.57 Å². The van der Waals surface area contributed by atoms with Gasteiger partial charge in [-0.3, -0.25) is 4.79 Å². The van der Waals surface area contributed by atoms with E-state index in [1.807, 2.05) is 32.3 Å². The van der Waals surface area contributed by atoms with E-state index < -0.39 is 9.84 Å². The summed E-state index contributed by atoms with van der Waals surface area (Å²) in [6, 6.07) is 6.81. The van der Waals surface area contributed by atoms with Crippen LogP contribution in [0.15, 0.2) is 34.1 Å². The Bertz CT molecular complexity index is 894. The monoisotopic (exact) mass is 376 g/mol. The molecule has 0 bridgehead atoms. The number of nitrogens with one attached hydrogen (secondary N) is 1. The van der Waals surface area contributed by atoms with E-state index in [0.717, 1.165) is 17.7 Å². The molecule has 5 nitrogen and oxygen atoms in total. The molecule has 0 spiro atoms. The summed E-state index contributed by atoms with van der Waals surface area (Å²) in [6.07, 6.45) is 1.91. The summed E-state index contributed by atoms with van der Waals surface area (Å²) in [4.78, 5) is 12.7. The van der Waals surface area contributed by atoms with Gasteiger partial charge in [0.15, 0.2) is 0 Å². The number of benzene rings is 1. The van der Waals surface area contributed by atoms with Crippen LogP contribution in [0, 0.1) is 20.8 Å². The average Bonchev–Trinajstić information content (AvgIpc) is 2.81. The van der Waals surface area contributed by atoms with Gasteiger partial charge in [-0.1, -0.05) is 31.5 Å². The first kappa shape index (κ1) is 20.2. The zero-order chi connectivity index (χ0) is 19.5. The fraction of sp³-hybridized carbons (Fsp3) is 0.450. The second-order valence-electron chi connectivity index (χ2n) is 6.65. The molecule has 0 aliphatic heterocycles. The molecule has 0 fully saturated rings. The Balaban J connectivity index is 2.68. The Hall–Kier alpha value is -2.08. The van der Waals surface area contributed by atoms with Gasteiger partial charge < -0.3 is 9.88 Å². The summed E-state index contributed by atoms with van der Waals surface area (Å²) >= 11 is 0. The molecule has 1 heterocycles. The maximum absolute atomic E-state index is 13.3. The summed E-state index contributed by atoms with van der Waals surface area (Å²) in [7, 11) is -3.73. The lowest BCUT2D eigenvalue weighted by Crippen LogP contribution is -2.17. The Labute approximate surface area is 156 Å². The smallest absolute Gasteiger partial charge is 0.225 e. The van der Waals surface area contributed by atoms with Crippen LogP contribution in [0.25, 0.3) is 0 Å². The van der Waals surface area contributed by atoms with Crippen LogP contribution in [0.2, 0.25) is 0 Å². The zero-order valence-electron chi connectivity index (χ0n) is 16.2. The van der Waals surface area contributed by atoms with Crippen LogP contribution < -0.4 is 5.32 Å². The minimum atomic E-state index is -3.73. The predicted octanol–water partition coefficient (Wildman–Crippen LogP) is 4.39. The second kappa shape index (κ2) is 8.08. The summed E-state index contributed by atoms with van der Waals surface area (Å²) < 4.78 is 28.6.